The van der Waals surface area contributed by atoms with Gasteiger partial charge in [-0.2, -0.15) is 0 Å². The van der Waals surface area contributed by atoms with Crippen LogP contribution in [0.1, 0.15) is 17.3 Å². The summed E-state index contributed by atoms with van der Waals surface area (Å²) in [4.78, 5) is 26.0. The standard InChI is InChI=1S/C13H17BrN2O2/c1-4-16(8-13(18)15(2)3)11-6-5-10(9-17)12(14)7-11/h5-7,9H,4,8H2,1-3H3. The van der Waals surface area contributed by atoms with Gasteiger partial charge in [-0.3, -0.25) is 9.59 Å². The van der Waals surface area contributed by atoms with Crippen molar-refractivity contribution in [3.8, 4) is 0 Å². The van der Waals surface area contributed by atoms with E-state index in [1.54, 1.807) is 25.1 Å². The Balaban J connectivity index is 2.92. The second-order valence-electron chi connectivity index (χ2n) is 4.13. The lowest BCUT2D eigenvalue weighted by atomic mass is 10.2. The number of benzene rings is 1. The summed E-state index contributed by atoms with van der Waals surface area (Å²) in [6.45, 7) is 3.05. The molecule has 0 saturated carbocycles. The van der Waals surface area contributed by atoms with E-state index in [1.807, 2.05) is 24.0 Å². The fraction of sp³-hybridized carbons (Fsp3) is 0.385. The molecule has 18 heavy (non-hydrogen) atoms. The SMILES string of the molecule is CCN(CC(=O)N(C)C)c1ccc(C=O)c(Br)c1. The van der Waals surface area contributed by atoms with Gasteiger partial charge in [0.2, 0.25) is 5.91 Å². The normalized spacial score (nSPS) is 10.0. The first-order chi connectivity index (χ1) is 8.49. The Kier molecular flexibility index (Phi) is 5.34. The molecule has 1 aromatic carbocycles. The summed E-state index contributed by atoms with van der Waals surface area (Å²) in [6, 6.07) is 5.45. The maximum atomic E-state index is 11.7. The molecular formula is C13H17BrN2O2. The van der Waals surface area contributed by atoms with E-state index in [-0.39, 0.29) is 5.91 Å². The summed E-state index contributed by atoms with van der Waals surface area (Å²) in [5.41, 5.74) is 1.53. The Morgan fingerprint density at radius 1 is 1.39 bits per heavy atom. The summed E-state index contributed by atoms with van der Waals surface area (Å²) in [5.74, 6) is 0.0486. The van der Waals surface area contributed by atoms with Crippen molar-refractivity contribution in [2.75, 3.05) is 32.1 Å². The summed E-state index contributed by atoms with van der Waals surface area (Å²) in [5, 5.41) is 0. The molecule has 4 nitrogen and oxygen atoms in total. The number of aldehydes is 1. The first-order valence-corrected chi connectivity index (χ1v) is 6.48. The van der Waals surface area contributed by atoms with E-state index in [4.69, 9.17) is 0 Å². The average Bonchev–Trinajstić information content (AvgIpc) is 2.35. The van der Waals surface area contributed by atoms with Crippen LogP contribution in [0.2, 0.25) is 0 Å². The highest BCUT2D eigenvalue weighted by atomic mass is 79.9. The minimum Gasteiger partial charge on any atom is -0.362 e. The molecule has 0 spiro atoms. The lowest BCUT2D eigenvalue weighted by Gasteiger charge is -2.24. The predicted molar refractivity (Wildman–Crippen MR) is 76.1 cm³/mol. The van der Waals surface area contributed by atoms with Crippen molar-refractivity contribution in [2.45, 2.75) is 6.92 Å². The molecule has 0 aliphatic rings. The van der Waals surface area contributed by atoms with Crippen LogP contribution in [0, 0.1) is 0 Å². The highest BCUT2D eigenvalue weighted by molar-refractivity contribution is 9.10. The van der Waals surface area contributed by atoms with Gasteiger partial charge in [0.15, 0.2) is 6.29 Å². The minimum absolute atomic E-state index is 0.0486. The molecule has 0 heterocycles. The van der Waals surface area contributed by atoms with Crippen LogP contribution in [-0.2, 0) is 4.79 Å². The average molecular weight is 313 g/mol. The molecule has 0 fully saturated rings. The molecule has 0 bridgehead atoms. The van der Waals surface area contributed by atoms with Gasteiger partial charge in [0.25, 0.3) is 0 Å². The van der Waals surface area contributed by atoms with E-state index in [2.05, 4.69) is 15.9 Å². The molecule has 1 aromatic rings. The molecule has 0 N–H and O–H groups in total. The molecule has 0 atom stereocenters. The Morgan fingerprint density at radius 3 is 2.50 bits per heavy atom. The summed E-state index contributed by atoms with van der Waals surface area (Å²) < 4.78 is 0.741. The molecule has 1 amide bonds. The number of carbonyl (C=O) groups excluding carboxylic acids is 2. The van der Waals surface area contributed by atoms with Gasteiger partial charge in [-0.05, 0) is 41.1 Å². The molecular weight excluding hydrogens is 296 g/mol. The molecule has 1 rings (SSSR count). The first-order valence-electron chi connectivity index (χ1n) is 5.69. The van der Waals surface area contributed by atoms with Gasteiger partial charge in [-0.15, -0.1) is 0 Å². The van der Waals surface area contributed by atoms with Crippen LogP contribution in [0.15, 0.2) is 22.7 Å². The van der Waals surface area contributed by atoms with Crippen LogP contribution in [0.3, 0.4) is 0 Å². The number of nitrogens with zero attached hydrogens (tertiary/aromatic N) is 2. The van der Waals surface area contributed by atoms with Crippen LogP contribution in [0.4, 0.5) is 5.69 Å². The van der Waals surface area contributed by atoms with Gasteiger partial charge in [0.1, 0.15) is 0 Å². The van der Waals surface area contributed by atoms with Crippen LogP contribution in [0.25, 0.3) is 0 Å². The second kappa shape index (κ2) is 6.54. The smallest absolute Gasteiger partial charge is 0.241 e. The van der Waals surface area contributed by atoms with Crippen molar-refractivity contribution in [1.29, 1.82) is 0 Å². The fourth-order valence-electron chi connectivity index (χ4n) is 1.50. The summed E-state index contributed by atoms with van der Waals surface area (Å²) >= 11 is 3.35. The number of likely N-dealkylation sites (N-methyl/N-ethyl adjacent to an activating group) is 2. The molecule has 0 radical (unpaired) electrons. The molecule has 0 aliphatic carbocycles. The molecule has 0 aromatic heterocycles. The van der Waals surface area contributed by atoms with Crippen molar-refractivity contribution < 1.29 is 9.59 Å². The number of rotatable bonds is 5. The lowest BCUT2D eigenvalue weighted by Crippen LogP contribution is -2.36. The maximum Gasteiger partial charge on any atom is 0.241 e. The fourth-order valence-corrected chi connectivity index (χ4v) is 1.96. The monoisotopic (exact) mass is 312 g/mol. The van der Waals surface area contributed by atoms with Crippen molar-refractivity contribution in [3.63, 3.8) is 0 Å². The molecule has 0 aliphatic heterocycles. The minimum atomic E-state index is 0.0486. The van der Waals surface area contributed by atoms with Crippen LogP contribution < -0.4 is 4.90 Å². The van der Waals surface area contributed by atoms with Gasteiger partial charge in [0.05, 0.1) is 6.54 Å². The Labute approximate surface area is 116 Å². The van der Waals surface area contributed by atoms with E-state index in [1.165, 1.54) is 0 Å². The van der Waals surface area contributed by atoms with Crippen LogP contribution in [0.5, 0.6) is 0 Å². The third-order valence-electron chi connectivity index (χ3n) is 2.68. The van der Waals surface area contributed by atoms with Gasteiger partial charge >= 0.3 is 0 Å². The molecule has 98 valence electrons. The number of hydrogen-bond acceptors (Lipinski definition) is 3. The van der Waals surface area contributed by atoms with Gasteiger partial charge in [-0.1, -0.05) is 0 Å². The molecule has 5 heteroatoms. The number of anilines is 1. The first kappa shape index (κ1) is 14.7. The van der Waals surface area contributed by atoms with Crippen molar-refractivity contribution in [2.24, 2.45) is 0 Å². The predicted octanol–water partition coefficient (Wildman–Crippen LogP) is 2.18. The van der Waals surface area contributed by atoms with E-state index in [9.17, 15) is 9.59 Å². The van der Waals surface area contributed by atoms with Crippen LogP contribution >= 0.6 is 15.9 Å². The molecule has 0 saturated heterocycles. The van der Waals surface area contributed by atoms with Crippen LogP contribution in [-0.4, -0.2) is 44.3 Å². The lowest BCUT2D eigenvalue weighted by molar-refractivity contribution is -0.127. The van der Waals surface area contributed by atoms with Gasteiger partial charge < -0.3 is 9.80 Å². The highest BCUT2D eigenvalue weighted by Crippen LogP contribution is 2.23. The summed E-state index contributed by atoms with van der Waals surface area (Å²) in [6.07, 6.45) is 0.801. The second-order valence-corrected chi connectivity index (χ2v) is 4.98. The largest absolute Gasteiger partial charge is 0.362 e. The third kappa shape index (κ3) is 3.57. The zero-order chi connectivity index (χ0) is 13.7. The van der Waals surface area contributed by atoms with Gasteiger partial charge in [0, 0.05) is 36.4 Å². The van der Waals surface area contributed by atoms with Crippen molar-refractivity contribution >= 4 is 33.8 Å². The van der Waals surface area contributed by atoms with Gasteiger partial charge in [-0.25, -0.2) is 0 Å². The van der Waals surface area contributed by atoms with E-state index >= 15 is 0 Å². The number of halogens is 1. The quantitative estimate of drug-likeness (QED) is 0.782. The number of hydrogen-bond donors (Lipinski definition) is 0. The topological polar surface area (TPSA) is 40.6 Å². The summed E-state index contributed by atoms with van der Waals surface area (Å²) in [7, 11) is 3.48. The van der Waals surface area contributed by atoms with E-state index < -0.39 is 0 Å². The van der Waals surface area contributed by atoms with E-state index in [0.717, 1.165) is 23.0 Å². The zero-order valence-corrected chi connectivity index (χ0v) is 12.4. The van der Waals surface area contributed by atoms with Crippen molar-refractivity contribution in [1.82, 2.24) is 4.90 Å². The maximum absolute atomic E-state index is 11.7. The zero-order valence-electron chi connectivity index (χ0n) is 10.8. The third-order valence-corrected chi connectivity index (χ3v) is 3.37. The Hall–Kier alpha value is -1.36. The van der Waals surface area contributed by atoms with Crippen molar-refractivity contribution in [3.05, 3.63) is 28.2 Å². The highest BCUT2D eigenvalue weighted by Gasteiger charge is 2.12. The molecule has 0 unspecified atom stereocenters. The number of amides is 1. The Bertz CT molecular complexity index is 447. The van der Waals surface area contributed by atoms with E-state index in [0.29, 0.717) is 12.1 Å². The Morgan fingerprint density at radius 2 is 2.06 bits per heavy atom. The number of carbonyl (C=O) groups is 2.